The van der Waals surface area contributed by atoms with Crippen molar-refractivity contribution in [3.05, 3.63) is 24.3 Å². The van der Waals surface area contributed by atoms with E-state index in [4.69, 9.17) is 15.3 Å². The number of hydrogen-bond donors (Lipinski definition) is 3. The maximum atomic E-state index is 9.87. The Labute approximate surface area is 120 Å². The van der Waals surface area contributed by atoms with Crippen LogP contribution >= 0.6 is 0 Å². The van der Waals surface area contributed by atoms with Crippen LogP contribution < -0.4 is 0 Å². The Hall–Kier alpha value is -1.62. The second kappa shape index (κ2) is 15.4. The number of carboxylic acid groups (broad SMARTS) is 2. The van der Waals surface area contributed by atoms with E-state index in [1.165, 1.54) is 32.1 Å². The van der Waals surface area contributed by atoms with E-state index in [1.54, 1.807) is 0 Å². The average Bonchev–Trinajstić information content (AvgIpc) is 2.38. The number of carboxylic acids is 2. The first-order valence-electron chi connectivity index (χ1n) is 6.84. The number of rotatable bonds is 10. The van der Waals surface area contributed by atoms with E-state index >= 15 is 0 Å². The minimum Gasteiger partial charge on any atom is -0.481 e. The van der Waals surface area contributed by atoms with Gasteiger partial charge in [-0.1, -0.05) is 51.3 Å². The molecule has 0 radical (unpaired) electrons. The minimum atomic E-state index is -1.27. The molecule has 0 aromatic heterocycles. The molecule has 0 atom stereocenters. The smallest absolute Gasteiger partial charge is 0.331 e. The Kier molecular flexibility index (Phi) is 16.0. The molecule has 0 bridgehead atoms. The molecular formula is C15H26O5. The highest BCUT2D eigenvalue weighted by Crippen LogP contribution is 2.04. The van der Waals surface area contributed by atoms with Crippen molar-refractivity contribution in [2.45, 2.75) is 51.9 Å². The normalized spacial score (nSPS) is 9.90. The van der Waals surface area contributed by atoms with Crippen molar-refractivity contribution in [1.29, 1.82) is 0 Å². The number of allylic oxidation sites excluding steroid dienone is 1. The van der Waals surface area contributed by atoms with E-state index in [2.05, 4.69) is 19.6 Å². The largest absolute Gasteiger partial charge is 0.481 e. The molecule has 0 aromatic rings. The van der Waals surface area contributed by atoms with Gasteiger partial charge < -0.3 is 15.3 Å². The van der Waals surface area contributed by atoms with Crippen LogP contribution in [0.2, 0.25) is 0 Å². The van der Waals surface area contributed by atoms with Crippen LogP contribution in [0.5, 0.6) is 0 Å². The van der Waals surface area contributed by atoms with Gasteiger partial charge in [0.05, 0.1) is 13.0 Å². The Morgan fingerprint density at radius 3 is 2.05 bits per heavy atom. The van der Waals surface area contributed by atoms with Crippen molar-refractivity contribution in [1.82, 2.24) is 0 Å². The van der Waals surface area contributed by atoms with Crippen LogP contribution in [-0.2, 0) is 9.59 Å². The first-order valence-corrected chi connectivity index (χ1v) is 6.84. The Bertz CT molecular complexity index is 307. The minimum absolute atomic E-state index is 0.189. The summed E-state index contributed by atoms with van der Waals surface area (Å²) in [5.41, 5.74) is -0.303. The second-order valence-electron chi connectivity index (χ2n) is 4.34. The fourth-order valence-corrected chi connectivity index (χ4v) is 1.32. The maximum Gasteiger partial charge on any atom is 0.331 e. The third-order valence-corrected chi connectivity index (χ3v) is 2.41. The second-order valence-corrected chi connectivity index (χ2v) is 4.34. The van der Waals surface area contributed by atoms with E-state index < -0.39 is 18.4 Å². The third-order valence-electron chi connectivity index (χ3n) is 2.41. The maximum absolute atomic E-state index is 9.87. The van der Waals surface area contributed by atoms with Gasteiger partial charge in [-0.15, -0.1) is 0 Å². The zero-order valence-electron chi connectivity index (χ0n) is 12.2. The molecule has 0 aliphatic rings. The number of aliphatic carboxylic acids is 2. The molecular weight excluding hydrogens is 260 g/mol. The predicted octanol–water partition coefficient (Wildman–Crippen LogP) is 3.00. The topological polar surface area (TPSA) is 94.8 Å². The molecule has 0 fully saturated rings. The Morgan fingerprint density at radius 1 is 1.05 bits per heavy atom. The van der Waals surface area contributed by atoms with Crippen molar-refractivity contribution in [2.75, 3.05) is 6.61 Å². The fourth-order valence-electron chi connectivity index (χ4n) is 1.32. The molecule has 5 nitrogen and oxygen atoms in total. The lowest BCUT2D eigenvalue weighted by Gasteiger charge is -1.95. The standard InChI is InChI=1S/C10H20O.C5H6O4/c1-2-3-4-5-6-7-8-9-10-11;1-3(5(8)9)2-4(6)7/h8-9,11H,2-7,10H2,1H3;1-2H2,(H,6,7)(H,8,9). The van der Waals surface area contributed by atoms with Crippen molar-refractivity contribution in [3.8, 4) is 0 Å². The van der Waals surface area contributed by atoms with E-state index in [9.17, 15) is 9.59 Å². The number of aliphatic hydroxyl groups excluding tert-OH is 1. The molecule has 0 heterocycles. The Morgan fingerprint density at radius 2 is 1.65 bits per heavy atom. The molecule has 0 rings (SSSR count). The van der Waals surface area contributed by atoms with Crippen molar-refractivity contribution >= 4 is 11.9 Å². The summed E-state index contributed by atoms with van der Waals surface area (Å²) in [5, 5.41) is 24.5. The lowest BCUT2D eigenvalue weighted by molar-refractivity contribution is -0.139. The summed E-state index contributed by atoms with van der Waals surface area (Å²) < 4.78 is 0. The number of aliphatic hydroxyl groups is 1. The SMILES string of the molecule is C=C(CC(=O)O)C(=O)O.CCCCCCCC=CCO. The van der Waals surface area contributed by atoms with Crippen LogP contribution in [0.1, 0.15) is 51.9 Å². The fraction of sp³-hybridized carbons (Fsp3) is 0.600. The average molecular weight is 286 g/mol. The first-order chi connectivity index (χ1) is 9.45. The van der Waals surface area contributed by atoms with Crippen LogP contribution in [0.15, 0.2) is 24.3 Å². The summed E-state index contributed by atoms with van der Waals surface area (Å²) in [5.74, 6) is -2.44. The zero-order valence-corrected chi connectivity index (χ0v) is 12.2. The summed E-state index contributed by atoms with van der Waals surface area (Å²) >= 11 is 0. The molecule has 0 aliphatic carbocycles. The lowest BCUT2D eigenvalue weighted by atomic mass is 10.1. The number of carbonyl (C=O) groups is 2. The van der Waals surface area contributed by atoms with Gasteiger partial charge >= 0.3 is 11.9 Å². The molecule has 5 heteroatoms. The van der Waals surface area contributed by atoms with Gasteiger partial charge in [0.25, 0.3) is 0 Å². The van der Waals surface area contributed by atoms with E-state index in [-0.39, 0.29) is 12.2 Å². The molecule has 20 heavy (non-hydrogen) atoms. The molecule has 3 N–H and O–H groups in total. The van der Waals surface area contributed by atoms with E-state index in [1.807, 2.05) is 6.08 Å². The van der Waals surface area contributed by atoms with Gasteiger partial charge in [0.1, 0.15) is 0 Å². The van der Waals surface area contributed by atoms with Crippen molar-refractivity contribution < 1.29 is 24.9 Å². The van der Waals surface area contributed by atoms with Crippen molar-refractivity contribution in [3.63, 3.8) is 0 Å². The molecule has 0 aliphatic heterocycles. The van der Waals surface area contributed by atoms with Gasteiger partial charge in [-0.2, -0.15) is 0 Å². The summed E-state index contributed by atoms with van der Waals surface area (Å²) in [7, 11) is 0. The first kappa shape index (κ1) is 20.7. The summed E-state index contributed by atoms with van der Waals surface area (Å²) in [6.45, 7) is 5.43. The molecule has 0 amide bonds. The predicted molar refractivity (Wildman–Crippen MR) is 78.6 cm³/mol. The summed E-state index contributed by atoms with van der Waals surface area (Å²) in [6.07, 6.45) is 11.2. The summed E-state index contributed by atoms with van der Waals surface area (Å²) in [4.78, 5) is 19.7. The van der Waals surface area contributed by atoms with Gasteiger partial charge in [0.2, 0.25) is 0 Å². The van der Waals surface area contributed by atoms with Crippen LogP contribution in [-0.4, -0.2) is 33.9 Å². The van der Waals surface area contributed by atoms with Gasteiger partial charge in [-0.05, 0) is 12.8 Å². The summed E-state index contributed by atoms with van der Waals surface area (Å²) in [6, 6.07) is 0. The van der Waals surface area contributed by atoms with E-state index in [0.717, 1.165) is 6.42 Å². The highest BCUT2D eigenvalue weighted by molar-refractivity contribution is 5.91. The van der Waals surface area contributed by atoms with Crippen molar-refractivity contribution in [2.24, 2.45) is 0 Å². The third kappa shape index (κ3) is 18.7. The quantitative estimate of drug-likeness (QED) is 0.326. The highest BCUT2D eigenvalue weighted by atomic mass is 16.4. The molecule has 116 valence electrons. The monoisotopic (exact) mass is 286 g/mol. The lowest BCUT2D eigenvalue weighted by Crippen LogP contribution is -2.04. The Balaban J connectivity index is 0. The van der Waals surface area contributed by atoms with Crippen LogP contribution in [0.3, 0.4) is 0 Å². The van der Waals surface area contributed by atoms with Gasteiger partial charge in [-0.3, -0.25) is 4.79 Å². The van der Waals surface area contributed by atoms with Crippen LogP contribution in [0.4, 0.5) is 0 Å². The molecule has 0 aromatic carbocycles. The van der Waals surface area contributed by atoms with E-state index in [0.29, 0.717) is 0 Å². The zero-order chi connectivity index (χ0) is 15.8. The highest BCUT2D eigenvalue weighted by Gasteiger charge is 2.07. The molecule has 0 saturated heterocycles. The number of hydrogen-bond acceptors (Lipinski definition) is 3. The molecule has 0 saturated carbocycles. The van der Waals surface area contributed by atoms with Gasteiger partial charge in [0.15, 0.2) is 0 Å². The van der Waals surface area contributed by atoms with Gasteiger partial charge in [0, 0.05) is 5.57 Å². The van der Waals surface area contributed by atoms with Gasteiger partial charge in [-0.25, -0.2) is 4.79 Å². The molecule has 0 spiro atoms. The van der Waals surface area contributed by atoms with Crippen LogP contribution in [0.25, 0.3) is 0 Å². The van der Waals surface area contributed by atoms with Crippen LogP contribution in [0, 0.1) is 0 Å². The number of unbranched alkanes of at least 4 members (excludes halogenated alkanes) is 5. The molecule has 0 unspecified atom stereocenters.